The van der Waals surface area contributed by atoms with E-state index in [9.17, 15) is 8.42 Å². The van der Waals surface area contributed by atoms with Crippen LogP contribution in [0.15, 0.2) is 28.5 Å². The van der Waals surface area contributed by atoms with Crippen LogP contribution >= 0.6 is 22.9 Å². The first kappa shape index (κ1) is 15.2. The minimum absolute atomic E-state index is 0.000296. The van der Waals surface area contributed by atoms with Crippen molar-refractivity contribution in [2.45, 2.75) is 18.2 Å². The third-order valence-electron chi connectivity index (χ3n) is 2.56. The molecular weight excluding hydrogens is 318 g/mol. The summed E-state index contributed by atoms with van der Waals surface area (Å²) in [5.74, 6) is 0. The molecule has 0 aliphatic carbocycles. The number of thiazole rings is 1. The van der Waals surface area contributed by atoms with Crippen molar-refractivity contribution >= 4 is 38.6 Å². The molecule has 0 atom stereocenters. The van der Waals surface area contributed by atoms with Gasteiger partial charge in [-0.05, 0) is 25.1 Å². The average molecular weight is 332 g/mol. The van der Waals surface area contributed by atoms with E-state index in [-0.39, 0.29) is 17.1 Å². The second-order valence-electron chi connectivity index (χ2n) is 4.21. The molecule has 1 heterocycles. The van der Waals surface area contributed by atoms with E-state index in [0.717, 1.165) is 10.7 Å². The van der Waals surface area contributed by atoms with Crippen LogP contribution in [0.5, 0.6) is 0 Å². The molecule has 8 heteroatoms. The van der Waals surface area contributed by atoms with Gasteiger partial charge in [0, 0.05) is 29.1 Å². The molecule has 5 nitrogen and oxygen atoms in total. The molecule has 0 unspecified atom stereocenters. The summed E-state index contributed by atoms with van der Waals surface area (Å²) >= 11 is 7.31. The minimum Gasteiger partial charge on any atom is -0.398 e. The zero-order valence-electron chi connectivity index (χ0n) is 10.8. The van der Waals surface area contributed by atoms with Gasteiger partial charge in [-0.2, -0.15) is 0 Å². The molecule has 1 aromatic carbocycles. The fourth-order valence-corrected chi connectivity index (χ4v) is 3.83. The van der Waals surface area contributed by atoms with E-state index in [2.05, 4.69) is 9.71 Å². The standard InChI is InChI=1S/C12H14ClN3O2S2/c1-8-7-19-12(16-8)4-5-15-20(17,18)11-6-9(13)2-3-10(11)14/h2-3,6-7,15H,4-5,14H2,1H3. The van der Waals surface area contributed by atoms with Crippen LogP contribution in [0.25, 0.3) is 0 Å². The number of nitrogens with one attached hydrogen (secondary N) is 1. The second-order valence-corrected chi connectivity index (χ2v) is 7.33. The smallest absolute Gasteiger partial charge is 0.242 e. The zero-order chi connectivity index (χ0) is 14.8. The predicted molar refractivity (Wildman–Crippen MR) is 81.6 cm³/mol. The van der Waals surface area contributed by atoms with Gasteiger partial charge < -0.3 is 5.73 Å². The number of aromatic nitrogens is 1. The number of anilines is 1. The van der Waals surface area contributed by atoms with Crippen molar-refractivity contribution in [3.05, 3.63) is 39.3 Å². The van der Waals surface area contributed by atoms with E-state index >= 15 is 0 Å². The molecule has 3 N–H and O–H groups in total. The van der Waals surface area contributed by atoms with Crippen molar-refractivity contribution in [2.24, 2.45) is 0 Å². The fourth-order valence-electron chi connectivity index (χ4n) is 1.63. The number of nitrogen functional groups attached to an aromatic ring is 1. The van der Waals surface area contributed by atoms with Crippen LogP contribution in [-0.2, 0) is 16.4 Å². The molecule has 0 aliphatic rings. The molecule has 0 fully saturated rings. The zero-order valence-corrected chi connectivity index (χ0v) is 13.1. The Morgan fingerprint density at radius 3 is 2.85 bits per heavy atom. The van der Waals surface area contributed by atoms with Crippen molar-refractivity contribution in [3.63, 3.8) is 0 Å². The highest BCUT2D eigenvalue weighted by molar-refractivity contribution is 7.89. The van der Waals surface area contributed by atoms with Gasteiger partial charge in [0.15, 0.2) is 0 Å². The molecular formula is C12H14ClN3O2S2. The molecule has 0 spiro atoms. The maximum absolute atomic E-state index is 12.1. The summed E-state index contributed by atoms with van der Waals surface area (Å²) in [4.78, 5) is 4.27. The SMILES string of the molecule is Cc1csc(CCNS(=O)(=O)c2cc(Cl)ccc2N)n1. The van der Waals surface area contributed by atoms with Gasteiger partial charge in [-0.15, -0.1) is 11.3 Å². The number of aryl methyl sites for hydroxylation is 1. The lowest BCUT2D eigenvalue weighted by Gasteiger charge is -2.08. The van der Waals surface area contributed by atoms with Gasteiger partial charge in [0.2, 0.25) is 10.0 Å². The molecule has 1 aromatic heterocycles. The molecule has 0 saturated heterocycles. The first-order valence-electron chi connectivity index (χ1n) is 5.84. The Morgan fingerprint density at radius 1 is 1.45 bits per heavy atom. The van der Waals surface area contributed by atoms with Crippen molar-refractivity contribution in [1.29, 1.82) is 0 Å². The molecule has 2 rings (SSSR count). The molecule has 0 radical (unpaired) electrons. The molecule has 20 heavy (non-hydrogen) atoms. The number of halogens is 1. The number of rotatable bonds is 5. The Morgan fingerprint density at radius 2 is 2.20 bits per heavy atom. The lowest BCUT2D eigenvalue weighted by molar-refractivity contribution is 0.582. The van der Waals surface area contributed by atoms with E-state index in [0.29, 0.717) is 11.4 Å². The van der Waals surface area contributed by atoms with Crippen LogP contribution in [-0.4, -0.2) is 19.9 Å². The normalized spacial score (nSPS) is 11.7. The summed E-state index contributed by atoms with van der Waals surface area (Å²) in [6, 6.07) is 4.36. The lowest BCUT2D eigenvalue weighted by Crippen LogP contribution is -2.26. The van der Waals surface area contributed by atoms with E-state index < -0.39 is 10.0 Å². The summed E-state index contributed by atoms with van der Waals surface area (Å²) < 4.78 is 26.8. The monoisotopic (exact) mass is 331 g/mol. The van der Waals surface area contributed by atoms with Crippen molar-refractivity contribution in [2.75, 3.05) is 12.3 Å². The van der Waals surface area contributed by atoms with Gasteiger partial charge in [-0.3, -0.25) is 0 Å². The highest BCUT2D eigenvalue weighted by atomic mass is 35.5. The fraction of sp³-hybridized carbons (Fsp3) is 0.250. The van der Waals surface area contributed by atoms with Crippen molar-refractivity contribution in [3.8, 4) is 0 Å². The van der Waals surface area contributed by atoms with Gasteiger partial charge in [-0.1, -0.05) is 11.6 Å². The quantitative estimate of drug-likeness (QED) is 0.822. The number of nitrogens with two attached hydrogens (primary N) is 1. The van der Waals surface area contributed by atoms with Crippen LogP contribution in [0.3, 0.4) is 0 Å². The summed E-state index contributed by atoms with van der Waals surface area (Å²) in [6.45, 7) is 2.16. The van der Waals surface area contributed by atoms with E-state index in [1.54, 1.807) is 6.07 Å². The highest BCUT2D eigenvalue weighted by Gasteiger charge is 2.17. The Labute approximate surface area is 126 Å². The number of hydrogen-bond acceptors (Lipinski definition) is 5. The number of hydrogen-bond donors (Lipinski definition) is 2. The topological polar surface area (TPSA) is 85.1 Å². The molecule has 0 saturated carbocycles. The Balaban J connectivity index is 2.06. The first-order valence-corrected chi connectivity index (χ1v) is 8.58. The maximum atomic E-state index is 12.1. The summed E-state index contributed by atoms with van der Waals surface area (Å²) in [7, 11) is -3.66. The third-order valence-corrected chi connectivity index (χ3v) is 5.34. The molecule has 108 valence electrons. The van der Waals surface area contributed by atoms with E-state index in [1.807, 2.05) is 12.3 Å². The van der Waals surface area contributed by atoms with Crippen LogP contribution in [0, 0.1) is 6.92 Å². The Bertz CT molecular complexity index is 713. The Hall–Kier alpha value is -1.15. The number of sulfonamides is 1. The van der Waals surface area contributed by atoms with Gasteiger partial charge in [0.1, 0.15) is 4.90 Å². The highest BCUT2D eigenvalue weighted by Crippen LogP contribution is 2.22. The maximum Gasteiger partial charge on any atom is 0.242 e. The van der Waals surface area contributed by atoms with Crippen LogP contribution < -0.4 is 10.5 Å². The first-order chi connectivity index (χ1) is 9.38. The Kier molecular flexibility index (Phi) is 4.64. The van der Waals surface area contributed by atoms with Crippen LogP contribution in [0.4, 0.5) is 5.69 Å². The third kappa shape index (κ3) is 3.69. The van der Waals surface area contributed by atoms with Crippen molar-refractivity contribution < 1.29 is 8.42 Å². The van der Waals surface area contributed by atoms with Gasteiger partial charge in [0.05, 0.1) is 10.7 Å². The molecule has 0 aliphatic heterocycles. The van der Waals surface area contributed by atoms with E-state index in [1.165, 1.54) is 23.5 Å². The number of nitrogens with zero attached hydrogens (tertiary/aromatic N) is 1. The minimum atomic E-state index is -3.66. The molecule has 0 bridgehead atoms. The van der Waals surface area contributed by atoms with Crippen LogP contribution in [0.1, 0.15) is 10.7 Å². The largest absolute Gasteiger partial charge is 0.398 e. The molecule has 2 aromatic rings. The molecule has 0 amide bonds. The summed E-state index contributed by atoms with van der Waals surface area (Å²) in [5.41, 5.74) is 6.78. The summed E-state index contributed by atoms with van der Waals surface area (Å²) in [6.07, 6.45) is 0.540. The number of benzene rings is 1. The second kappa shape index (κ2) is 6.09. The van der Waals surface area contributed by atoms with Gasteiger partial charge >= 0.3 is 0 Å². The lowest BCUT2D eigenvalue weighted by atomic mass is 10.3. The van der Waals surface area contributed by atoms with E-state index in [4.69, 9.17) is 17.3 Å². The summed E-state index contributed by atoms with van der Waals surface area (Å²) in [5, 5.41) is 3.15. The van der Waals surface area contributed by atoms with Gasteiger partial charge in [-0.25, -0.2) is 18.1 Å². The van der Waals surface area contributed by atoms with Crippen LogP contribution in [0.2, 0.25) is 5.02 Å². The predicted octanol–water partition coefficient (Wildman–Crippen LogP) is 2.21. The average Bonchev–Trinajstić information content (AvgIpc) is 2.78. The van der Waals surface area contributed by atoms with Gasteiger partial charge in [0.25, 0.3) is 0 Å². The van der Waals surface area contributed by atoms with Crippen molar-refractivity contribution in [1.82, 2.24) is 9.71 Å².